The fraction of sp³-hybridized carbons (Fsp3) is 0.562. The van der Waals surface area contributed by atoms with Gasteiger partial charge >= 0.3 is 6.09 Å². The summed E-state index contributed by atoms with van der Waals surface area (Å²) in [7, 11) is 0. The maximum atomic E-state index is 11.8. The molecule has 0 bridgehead atoms. The number of amides is 1. The van der Waals surface area contributed by atoms with Crippen molar-refractivity contribution >= 4 is 18.1 Å². The van der Waals surface area contributed by atoms with E-state index in [2.05, 4.69) is 5.32 Å². The number of rotatable bonds is 7. The SMILES string of the molecule is C[C@@H](O)[C@@H](O)[C@H](COSc1ccccc1)NC(=O)OC(C)(C)C. The third kappa shape index (κ3) is 8.22. The average Bonchev–Trinajstić information content (AvgIpc) is 2.44. The second-order valence-corrected chi connectivity index (χ2v) is 7.04. The highest BCUT2D eigenvalue weighted by Crippen LogP contribution is 2.19. The fourth-order valence-electron chi connectivity index (χ4n) is 1.67. The zero-order valence-corrected chi connectivity index (χ0v) is 14.7. The highest BCUT2D eigenvalue weighted by Gasteiger charge is 2.28. The molecule has 23 heavy (non-hydrogen) atoms. The Labute approximate surface area is 141 Å². The van der Waals surface area contributed by atoms with Crippen LogP contribution in [0.25, 0.3) is 0 Å². The summed E-state index contributed by atoms with van der Waals surface area (Å²) >= 11 is 1.13. The van der Waals surface area contributed by atoms with E-state index in [0.717, 1.165) is 16.9 Å². The summed E-state index contributed by atoms with van der Waals surface area (Å²) in [6.07, 6.45) is -2.85. The quantitative estimate of drug-likeness (QED) is 0.659. The van der Waals surface area contributed by atoms with E-state index in [-0.39, 0.29) is 6.61 Å². The molecule has 0 saturated carbocycles. The first-order valence-corrected chi connectivity index (χ1v) is 8.13. The Morgan fingerprint density at radius 1 is 1.26 bits per heavy atom. The molecular weight excluding hydrogens is 318 g/mol. The molecule has 6 nitrogen and oxygen atoms in total. The highest BCUT2D eigenvalue weighted by atomic mass is 32.2. The van der Waals surface area contributed by atoms with E-state index in [1.54, 1.807) is 20.8 Å². The van der Waals surface area contributed by atoms with E-state index in [4.69, 9.17) is 8.92 Å². The van der Waals surface area contributed by atoms with Crippen LogP contribution in [0.4, 0.5) is 4.79 Å². The zero-order valence-electron chi connectivity index (χ0n) is 13.9. The summed E-state index contributed by atoms with van der Waals surface area (Å²) in [5, 5.41) is 22.1. The second-order valence-electron chi connectivity index (χ2n) is 6.16. The molecular formula is C16H25NO5S. The van der Waals surface area contributed by atoms with E-state index in [1.165, 1.54) is 6.92 Å². The molecule has 0 spiro atoms. The number of alkyl carbamates (subject to hydrolysis) is 1. The van der Waals surface area contributed by atoms with Crippen molar-refractivity contribution in [2.75, 3.05) is 6.61 Å². The Balaban J connectivity index is 2.57. The monoisotopic (exact) mass is 343 g/mol. The van der Waals surface area contributed by atoms with Crippen LogP contribution in [0.1, 0.15) is 27.7 Å². The molecule has 0 fully saturated rings. The minimum atomic E-state index is -1.17. The maximum Gasteiger partial charge on any atom is 0.408 e. The molecule has 0 aliphatic carbocycles. The molecule has 1 aromatic carbocycles. The standard InChI is InChI=1S/C16H25NO5S/c1-11(18)14(19)13(17-15(20)22-16(2,3)4)10-21-23-12-8-6-5-7-9-12/h5-9,11,13-14,18-19H,10H2,1-4H3,(H,17,20)/t11-,13+,14-/m1/s1. The van der Waals surface area contributed by atoms with Gasteiger partial charge in [0.2, 0.25) is 0 Å². The van der Waals surface area contributed by atoms with Gasteiger partial charge in [-0.05, 0) is 39.8 Å². The van der Waals surface area contributed by atoms with Crippen molar-refractivity contribution in [2.24, 2.45) is 0 Å². The van der Waals surface area contributed by atoms with Crippen LogP contribution in [-0.2, 0) is 8.92 Å². The Morgan fingerprint density at radius 3 is 2.39 bits per heavy atom. The minimum Gasteiger partial charge on any atom is -0.444 e. The van der Waals surface area contributed by atoms with Crippen molar-refractivity contribution in [2.45, 2.75) is 56.4 Å². The Bertz CT molecular complexity index is 475. The molecule has 130 valence electrons. The van der Waals surface area contributed by atoms with Crippen LogP contribution >= 0.6 is 12.0 Å². The molecule has 0 aliphatic heterocycles. The molecule has 1 rings (SSSR count). The Kier molecular flexibility index (Phi) is 7.84. The summed E-state index contributed by atoms with van der Waals surface area (Å²) in [6, 6.07) is 8.63. The van der Waals surface area contributed by atoms with Gasteiger partial charge in [-0.1, -0.05) is 18.2 Å². The van der Waals surface area contributed by atoms with Gasteiger partial charge in [-0.3, -0.25) is 0 Å². The third-order valence-electron chi connectivity index (χ3n) is 2.75. The van der Waals surface area contributed by atoms with E-state index in [9.17, 15) is 15.0 Å². The lowest BCUT2D eigenvalue weighted by Gasteiger charge is -2.27. The number of aliphatic hydroxyl groups excluding tert-OH is 2. The van der Waals surface area contributed by atoms with Crippen LogP contribution in [0.15, 0.2) is 35.2 Å². The van der Waals surface area contributed by atoms with Crippen LogP contribution in [0.5, 0.6) is 0 Å². The molecule has 3 atom stereocenters. The number of aliphatic hydroxyl groups is 2. The smallest absolute Gasteiger partial charge is 0.408 e. The summed E-state index contributed by atoms with van der Waals surface area (Å²) < 4.78 is 10.6. The van der Waals surface area contributed by atoms with Gasteiger partial charge in [-0.25, -0.2) is 4.79 Å². The van der Waals surface area contributed by atoms with E-state index in [0.29, 0.717) is 0 Å². The van der Waals surface area contributed by atoms with Gasteiger partial charge < -0.3 is 24.4 Å². The van der Waals surface area contributed by atoms with Gasteiger partial charge in [0.1, 0.15) is 11.7 Å². The molecule has 0 aromatic heterocycles. The number of benzene rings is 1. The second kappa shape index (κ2) is 9.12. The first kappa shape index (κ1) is 19.8. The molecule has 0 heterocycles. The van der Waals surface area contributed by atoms with E-state index < -0.39 is 29.9 Å². The van der Waals surface area contributed by atoms with Crippen molar-refractivity contribution in [1.29, 1.82) is 0 Å². The van der Waals surface area contributed by atoms with Crippen molar-refractivity contribution in [1.82, 2.24) is 5.32 Å². The molecule has 0 saturated heterocycles. The normalized spacial score (nSPS) is 15.6. The molecule has 1 aromatic rings. The van der Waals surface area contributed by atoms with Crippen LogP contribution in [0, 0.1) is 0 Å². The van der Waals surface area contributed by atoms with Crippen molar-refractivity contribution in [3.8, 4) is 0 Å². The topological polar surface area (TPSA) is 88.0 Å². The summed E-state index contributed by atoms with van der Waals surface area (Å²) in [5.41, 5.74) is -0.649. The molecule has 0 aliphatic rings. The van der Waals surface area contributed by atoms with Gasteiger partial charge in [0, 0.05) is 16.9 Å². The molecule has 3 N–H and O–H groups in total. The number of carbonyl (C=O) groups excluding carboxylic acids is 1. The predicted molar refractivity (Wildman–Crippen MR) is 89.1 cm³/mol. The molecule has 0 radical (unpaired) electrons. The molecule has 1 amide bonds. The van der Waals surface area contributed by atoms with Crippen molar-refractivity contribution in [3.05, 3.63) is 30.3 Å². The number of carbonyl (C=O) groups is 1. The van der Waals surface area contributed by atoms with Crippen LogP contribution < -0.4 is 5.32 Å². The summed E-state index contributed by atoms with van der Waals surface area (Å²) in [6.45, 7) is 6.70. The number of hydrogen-bond acceptors (Lipinski definition) is 6. The fourth-order valence-corrected chi connectivity index (χ4v) is 2.29. The first-order valence-electron chi connectivity index (χ1n) is 7.39. The lowest BCUT2D eigenvalue weighted by atomic mass is 10.1. The lowest BCUT2D eigenvalue weighted by Crippen LogP contribution is -2.51. The Morgan fingerprint density at radius 2 is 1.87 bits per heavy atom. The average molecular weight is 343 g/mol. The summed E-state index contributed by atoms with van der Waals surface area (Å²) in [4.78, 5) is 12.7. The number of nitrogens with one attached hydrogen (secondary N) is 1. The van der Waals surface area contributed by atoms with Crippen LogP contribution in [0.3, 0.4) is 0 Å². The first-order chi connectivity index (χ1) is 10.7. The maximum absolute atomic E-state index is 11.8. The van der Waals surface area contributed by atoms with Gasteiger partial charge in [0.15, 0.2) is 0 Å². The largest absolute Gasteiger partial charge is 0.444 e. The van der Waals surface area contributed by atoms with Gasteiger partial charge in [-0.15, -0.1) is 0 Å². The van der Waals surface area contributed by atoms with Crippen LogP contribution in [-0.4, -0.2) is 46.8 Å². The highest BCUT2D eigenvalue weighted by molar-refractivity contribution is 7.94. The van der Waals surface area contributed by atoms with E-state index in [1.807, 2.05) is 30.3 Å². The number of hydrogen-bond donors (Lipinski definition) is 3. The van der Waals surface area contributed by atoms with Gasteiger partial charge in [-0.2, -0.15) is 0 Å². The van der Waals surface area contributed by atoms with E-state index >= 15 is 0 Å². The lowest BCUT2D eigenvalue weighted by molar-refractivity contribution is -0.00859. The van der Waals surface area contributed by atoms with Crippen molar-refractivity contribution in [3.63, 3.8) is 0 Å². The van der Waals surface area contributed by atoms with Gasteiger partial charge in [0.05, 0.1) is 18.8 Å². The third-order valence-corrected chi connectivity index (χ3v) is 3.47. The number of ether oxygens (including phenoxy) is 1. The molecule has 7 heteroatoms. The summed E-state index contributed by atoms with van der Waals surface area (Å²) in [5.74, 6) is 0. The predicted octanol–water partition coefficient (Wildman–Crippen LogP) is 2.35. The van der Waals surface area contributed by atoms with Crippen molar-refractivity contribution < 1.29 is 23.9 Å². The van der Waals surface area contributed by atoms with Crippen LogP contribution in [0.2, 0.25) is 0 Å². The minimum absolute atomic E-state index is 0.0187. The van der Waals surface area contributed by atoms with Gasteiger partial charge in [0.25, 0.3) is 0 Å². The Hall–Kier alpha value is -1.28. The molecule has 0 unspecified atom stereocenters. The zero-order chi connectivity index (χ0) is 17.5.